The first-order valence-corrected chi connectivity index (χ1v) is 6.41. The highest BCUT2D eigenvalue weighted by atomic mass is 19.1. The van der Waals surface area contributed by atoms with Crippen LogP contribution in [-0.4, -0.2) is 35.9 Å². The SMILES string of the molecule is Cc1cc(C(=O)NCC2(O)CCOC2C)c(F)cc1F. The fourth-order valence-electron chi connectivity index (χ4n) is 2.16. The zero-order valence-electron chi connectivity index (χ0n) is 11.4. The normalized spacial score (nSPS) is 25.8. The predicted octanol–water partition coefficient (Wildman–Crippen LogP) is 1.54. The molecule has 1 amide bonds. The van der Waals surface area contributed by atoms with Crippen LogP contribution in [0, 0.1) is 18.6 Å². The lowest BCUT2D eigenvalue weighted by atomic mass is 9.96. The van der Waals surface area contributed by atoms with Gasteiger partial charge in [0, 0.05) is 25.6 Å². The van der Waals surface area contributed by atoms with Gasteiger partial charge in [-0.05, 0) is 25.5 Å². The van der Waals surface area contributed by atoms with Crippen LogP contribution in [0.3, 0.4) is 0 Å². The summed E-state index contributed by atoms with van der Waals surface area (Å²) in [6, 6.07) is 1.83. The van der Waals surface area contributed by atoms with E-state index in [2.05, 4.69) is 5.32 Å². The highest BCUT2D eigenvalue weighted by Crippen LogP contribution is 2.25. The molecule has 2 unspecified atom stereocenters. The van der Waals surface area contributed by atoms with E-state index >= 15 is 0 Å². The summed E-state index contributed by atoms with van der Waals surface area (Å²) in [5, 5.41) is 12.7. The molecule has 0 aromatic heterocycles. The monoisotopic (exact) mass is 285 g/mol. The number of aryl methyl sites for hydroxylation is 1. The van der Waals surface area contributed by atoms with E-state index < -0.39 is 29.2 Å². The van der Waals surface area contributed by atoms with Crippen molar-refractivity contribution in [1.29, 1.82) is 0 Å². The van der Waals surface area contributed by atoms with Gasteiger partial charge in [-0.25, -0.2) is 8.78 Å². The Balaban J connectivity index is 2.08. The third kappa shape index (κ3) is 2.81. The maximum atomic E-state index is 13.6. The second-order valence-corrected chi connectivity index (χ2v) is 5.13. The van der Waals surface area contributed by atoms with E-state index in [0.29, 0.717) is 19.1 Å². The molecule has 1 saturated heterocycles. The van der Waals surface area contributed by atoms with E-state index in [4.69, 9.17) is 4.74 Å². The largest absolute Gasteiger partial charge is 0.385 e. The van der Waals surface area contributed by atoms with Crippen molar-refractivity contribution in [2.45, 2.75) is 32.0 Å². The molecule has 1 aliphatic heterocycles. The third-order valence-corrected chi connectivity index (χ3v) is 3.71. The van der Waals surface area contributed by atoms with Gasteiger partial charge in [0.2, 0.25) is 0 Å². The number of carbonyl (C=O) groups excluding carboxylic acids is 1. The number of nitrogens with one attached hydrogen (secondary N) is 1. The van der Waals surface area contributed by atoms with Gasteiger partial charge in [0.25, 0.3) is 5.91 Å². The highest BCUT2D eigenvalue weighted by Gasteiger charge is 2.39. The van der Waals surface area contributed by atoms with Gasteiger partial charge >= 0.3 is 0 Å². The summed E-state index contributed by atoms with van der Waals surface area (Å²) in [5.74, 6) is -2.30. The van der Waals surface area contributed by atoms with Gasteiger partial charge in [0.05, 0.1) is 11.7 Å². The number of ether oxygens (including phenoxy) is 1. The van der Waals surface area contributed by atoms with E-state index in [-0.39, 0.29) is 17.7 Å². The Morgan fingerprint density at radius 3 is 2.80 bits per heavy atom. The molecule has 1 aliphatic rings. The summed E-state index contributed by atoms with van der Waals surface area (Å²) in [5.41, 5.74) is -1.20. The zero-order valence-corrected chi connectivity index (χ0v) is 11.4. The van der Waals surface area contributed by atoms with Gasteiger partial charge < -0.3 is 15.2 Å². The summed E-state index contributed by atoms with van der Waals surface area (Å²) >= 11 is 0. The van der Waals surface area contributed by atoms with Gasteiger partial charge in [-0.1, -0.05) is 0 Å². The van der Waals surface area contributed by atoms with Crippen LogP contribution in [0.2, 0.25) is 0 Å². The summed E-state index contributed by atoms with van der Waals surface area (Å²) in [6.07, 6.45) is 0.00179. The Morgan fingerprint density at radius 1 is 1.50 bits per heavy atom. The molecule has 4 nitrogen and oxygen atoms in total. The minimum Gasteiger partial charge on any atom is -0.385 e. The lowest BCUT2D eigenvalue weighted by Gasteiger charge is -2.26. The first kappa shape index (κ1) is 14.9. The van der Waals surface area contributed by atoms with Crippen LogP contribution in [-0.2, 0) is 4.74 Å². The number of hydrogen-bond acceptors (Lipinski definition) is 3. The molecular formula is C14H17F2NO3. The molecule has 1 aromatic carbocycles. The smallest absolute Gasteiger partial charge is 0.254 e. The van der Waals surface area contributed by atoms with Gasteiger partial charge in [0.1, 0.15) is 17.2 Å². The molecule has 1 fully saturated rings. The summed E-state index contributed by atoms with van der Waals surface area (Å²) < 4.78 is 31.9. The molecule has 2 rings (SSSR count). The Bertz CT molecular complexity index is 535. The van der Waals surface area contributed by atoms with Crippen LogP contribution in [0.5, 0.6) is 0 Å². The first-order chi connectivity index (χ1) is 9.33. The van der Waals surface area contributed by atoms with Crippen molar-refractivity contribution in [3.8, 4) is 0 Å². The molecule has 1 heterocycles. The second-order valence-electron chi connectivity index (χ2n) is 5.13. The molecule has 0 saturated carbocycles. The zero-order chi connectivity index (χ0) is 14.9. The van der Waals surface area contributed by atoms with Crippen molar-refractivity contribution in [1.82, 2.24) is 5.32 Å². The van der Waals surface area contributed by atoms with Crippen LogP contribution >= 0.6 is 0 Å². The van der Waals surface area contributed by atoms with E-state index in [1.807, 2.05) is 0 Å². The summed E-state index contributed by atoms with van der Waals surface area (Å²) in [4.78, 5) is 11.9. The molecule has 2 atom stereocenters. The molecule has 1 aromatic rings. The molecule has 20 heavy (non-hydrogen) atoms. The highest BCUT2D eigenvalue weighted by molar-refractivity contribution is 5.94. The number of benzene rings is 1. The van der Waals surface area contributed by atoms with Crippen molar-refractivity contribution in [2.24, 2.45) is 0 Å². The van der Waals surface area contributed by atoms with Crippen molar-refractivity contribution >= 4 is 5.91 Å². The Kier molecular flexibility index (Phi) is 4.06. The maximum absolute atomic E-state index is 13.6. The topological polar surface area (TPSA) is 58.6 Å². The molecular weight excluding hydrogens is 268 g/mol. The minimum atomic E-state index is -1.15. The number of carbonyl (C=O) groups is 1. The molecule has 2 N–H and O–H groups in total. The lowest BCUT2D eigenvalue weighted by Crippen LogP contribution is -2.47. The van der Waals surface area contributed by atoms with Crippen LogP contribution in [0.1, 0.15) is 29.3 Å². The second kappa shape index (κ2) is 5.46. The van der Waals surface area contributed by atoms with Crippen LogP contribution in [0.15, 0.2) is 12.1 Å². The van der Waals surface area contributed by atoms with Crippen LogP contribution < -0.4 is 5.32 Å². The average Bonchev–Trinajstić information content (AvgIpc) is 2.72. The molecule has 0 aliphatic carbocycles. The minimum absolute atomic E-state index is 0.0388. The molecule has 0 bridgehead atoms. The number of amides is 1. The van der Waals surface area contributed by atoms with E-state index in [1.165, 1.54) is 6.92 Å². The van der Waals surface area contributed by atoms with Crippen molar-refractivity contribution < 1.29 is 23.4 Å². The van der Waals surface area contributed by atoms with Crippen molar-refractivity contribution in [3.05, 3.63) is 34.9 Å². The van der Waals surface area contributed by atoms with Crippen LogP contribution in [0.4, 0.5) is 8.78 Å². The third-order valence-electron chi connectivity index (χ3n) is 3.71. The fraction of sp³-hybridized carbons (Fsp3) is 0.500. The summed E-state index contributed by atoms with van der Waals surface area (Å²) in [6.45, 7) is 3.54. The van der Waals surface area contributed by atoms with E-state index in [0.717, 1.165) is 6.07 Å². The van der Waals surface area contributed by atoms with Gasteiger partial charge in [-0.15, -0.1) is 0 Å². The van der Waals surface area contributed by atoms with Gasteiger partial charge in [-0.3, -0.25) is 4.79 Å². The Labute approximate surface area is 115 Å². The number of rotatable bonds is 3. The van der Waals surface area contributed by atoms with Crippen molar-refractivity contribution in [3.63, 3.8) is 0 Å². The van der Waals surface area contributed by atoms with E-state index in [9.17, 15) is 18.7 Å². The first-order valence-electron chi connectivity index (χ1n) is 6.41. The Hall–Kier alpha value is -1.53. The molecule has 110 valence electrons. The van der Waals surface area contributed by atoms with E-state index in [1.54, 1.807) is 6.92 Å². The van der Waals surface area contributed by atoms with Crippen molar-refractivity contribution in [2.75, 3.05) is 13.2 Å². The molecule has 0 radical (unpaired) electrons. The maximum Gasteiger partial charge on any atom is 0.254 e. The quantitative estimate of drug-likeness (QED) is 0.885. The molecule has 0 spiro atoms. The van der Waals surface area contributed by atoms with Crippen LogP contribution in [0.25, 0.3) is 0 Å². The van der Waals surface area contributed by atoms with Gasteiger partial charge in [0.15, 0.2) is 0 Å². The number of halogens is 2. The standard InChI is InChI=1S/C14H17F2NO3/c1-8-5-10(12(16)6-11(8)15)13(18)17-7-14(19)3-4-20-9(14)2/h5-6,9,19H,3-4,7H2,1-2H3,(H,17,18). The average molecular weight is 285 g/mol. The molecule has 6 heteroatoms. The van der Waals surface area contributed by atoms with Gasteiger partial charge in [-0.2, -0.15) is 0 Å². The fourth-order valence-corrected chi connectivity index (χ4v) is 2.16. The number of aliphatic hydroxyl groups is 1. The predicted molar refractivity (Wildman–Crippen MR) is 68.4 cm³/mol. The summed E-state index contributed by atoms with van der Waals surface area (Å²) in [7, 11) is 0. The Morgan fingerprint density at radius 2 is 2.20 bits per heavy atom. The number of hydrogen-bond donors (Lipinski definition) is 2. The lowest BCUT2D eigenvalue weighted by molar-refractivity contribution is -0.0251.